The maximum Gasteiger partial charge on any atom is 0.173 e. The Balaban J connectivity index is 1.42. The predicted molar refractivity (Wildman–Crippen MR) is 131 cm³/mol. The fraction of sp³-hybridized carbons (Fsp3) is 0.500. The first-order valence-corrected chi connectivity index (χ1v) is 12.3. The maximum absolute atomic E-state index is 13.4. The molecule has 2 aliphatic rings. The van der Waals surface area contributed by atoms with E-state index >= 15 is 0 Å². The molecule has 0 N–H and O–H groups in total. The van der Waals surface area contributed by atoms with Crippen LogP contribution >= 0.6 is 0 Å². The van der Waals surface area contributed by atoms with E-state index in [1.807, 2.05) is 4.68 Å². The Morgan fingerprint density at radius 3 is 2.26 bits per heavy atom. The SMILES string of the molecule is CN(C)c1ccc([C@H](c2nnnn2Cc2ccc(F)cc2)N2CCN(C3CCCC3)CC2)cc1. The molecule has 2 heterocycles. The van der Waals surface area contributed by atoms with Gasteiger partial charge in [0.25, 0.3) is 0 Å². The lowest BCUT2D eigenvalue weighted by Crippen LogP contribution is -2.51. The Morgan fingerprint density at radius 1 is 0.941 bits per heavy atom. The largest absolute Gasteiger partial charge is 0.378 e. The van der Waals surface area contributed by atoms with E-state index in [4.69, 9.17) is 0 Å². The number of benzene rings is 2. The molecule has 8 heteroatoms. The van der Waals surface area contributed by atoms with Gasteiger partial charge in [-0.05, 0) is 58.7 Å². The summed E-state index contributed by atoms with van der Waals surface area (Å²) in [6.45, 7) is 4.64. The smallest absolute Gasteiger partial charge is 0.173 e. The van der Waals surface area contributed by atoms with Gasteiger partial charge in [0, 0.05) is 52.0 Å². The second-order valence-corrected chi connectivity index (χ2v) is 9.72. The molecule has 1 saturated heterocycles. The van der Waals surface area contributed by atoms with Crippen molar-refractivity contribution in [2.75, 3.05) is 45.2 Å². The van der Waals surface area contributed by atoms with Gasteiger partial charge in [0.2, 0.25) is 0 Å². The first-order chi connectivity index (χ1) is 16.6. The van der Waals surface area contributed by atoms with Crippen LogP contribution in [0.4, 0.5) is 10.1 Å². The van der Waals surface area contributed by atoms with Crippen molar-refractivity contribution < 1.29 is 4.39 Å². The Labute approximate surface area is 201 Å². The zero-order chi connectivity index (χ0) is 23.5. The lowest BCUT2D eigenvalue weighted by molar-refractivity contribution is 0.0771. The van der Waals surface area contributed by atoms with Crippen LogP contribution in [0, 0.1) is 5.82 Å². The zero-order valence-electron chi connectivity index (χ0n) is 20.1. The van der Waals surface area contributed by atoms with E-state index in [9.17, 15) is 4.39 Å². The van der Waals surface area contributed by atoms with Crippen molar-refractivity contribution in [3.05, 3.63) is 71.3 Å². The van der Waals surface area contributed by atoms with Crippen molar-refractivity contribution in [3.8, 4) is 0 Å². The van der Waals surface area contributed by atoms with Crippen LogP contribution in [0.2, 0.25) is 0 Å². The number of hydrogen-bond acceptors (Lipinski definition) is 6. The second-order valence-electron chi connectivity index (χ2n) is 9.72. The number of piperazine rings is 1. The molecule has 5 rings (SSSR count). The highest BCUT2D eigenvalue weighted by Gasteiger charge is 2.33. The molecular formula is C26H34FN7. The summed E-state index contributed by atoms with van der Waals surface area (Å²) in [6.07, 6.45) is 5.41. The van der Waals surface area contributed by atoms with Crippen LogP contribution in [-0.4, -0.2) is 76.3 Å². The lowest BCUT2D eigenvalue weighted by atomic mass is 10.0. The molecular weight excluding hydrogens is 429 g/mol. The van der Waals surface area contributed by atoms with Crippen molar-refractivity contribution in [3.63, 3.8) is 0 Å². The predicted octanol–water partition coefficient (Wildman–Crippen LogP) is 3.58. The van der Waals surface area contributed by atoms with E-state index < -0.39 is 0 Å². The molecule has 0 bridgehead atoms. The van der Waals surface area contributed by atoms with Crippen LogP contribution in [0.3, 0.4) is 0 Å². The van der Waals surface area contributed by atoms with Gasteiger partial charge in [-0.2, -0.15) is 0 Å². The van der Waals surface area contributed by atoms with Gasteiger partial charge < -0.3 is 4.90 Å². The van der Waals surface area contributed by atoms with E-state index in [0.29, 0.717) is 6.54 Å². The average Bonchev–Trinajstić information content (AvgIpc) is 3.55. The molecule has 2 aromatic carbocycles. The molecule has 1 aromatic heterocycles. The van der Waals surface area contributed by atoms with Crippen LogP contribution in [0.15, 0.2) is 48.5 Å². The molecule has 180 valence electrons. The van der Waals surface area contributed by atoms with Crippen LogP contribution in [0.1, 0.15) is 48.7 Å². The van der Waals surface area contributed by atoms with Gasteiger partial charge in [0.1, 0.15) is 5.82 Å². The topological polar surface area (TPSA) is 53.3 Å². The number of halogens is 1. The summed E-state index contributed by atoms with van der Waals surface area (Å²) < 4.78 is 15.3. The quantitative estimate of drug-likeness (QED) is 0.534. The minimum Gasteiger partial charge on any atom is -0.378 e. The monoisotopic (exact) mass is 463 g/mol. The number of hydrogen-bond donors (Lipinski definition) is 0. The fourth-order valence-corrected chi connectivity index (χ4v) is 5.39. The molecule has 2 fully saturated rings. The molecule has 3 aromatic rings. The van der Waals surface area contributed by atoms with E-state index in [2.05, 4.69) is 68.6 Å². The van der Waals surface area contributed by atoms with Gasteiger partial charge in [0.15, 0.2) is 5.82 Å². The van der Waals surface area contributed by atoms with Gasteiger partial charge >= 0.3 is 0 Å². The Bertz CT molecular complexity index is 1050. The van der Waals surface area contributed by atoms with Crippen LogP contribution in [-0.2, 0) is 6.54 Å². The molecule has 0 spiro atoms. The molecule has 34 heavy (non-hydrogen) atoms. The van der Waals surface area contributed by atoms with Gasteiger partial charge in [-0.25, -0.2) is 9.07 Å². The van der Waals surface area contributed by atoms with E-state index in [1.54, 1.807) is 12.1 Å². The number of aromatic nitrogens is 4. The van der Waals surface area contributed by atoms with Crippen LogP contribution in [0.25, 0.3) is 0 Å². The summed E-state index contributed by atoms with van der Waals surface area (Å²) in [4.78, 5) is 7.30. The van der Waals surface area contributed by atoms with E-state index in [0.717, 1.165) is 43.6 Å². The molecule has 0 amide bonds. The van der Waals surface area contributed by atoms with Crippen LogP contribution < -0.4 is 4.90 Å². The number of rotatable bonds is 7. The van der Waals surface area contributed by atoms with Crippen molar-refractivity contribution >= 4 is 5.69 Å². The van der Waals surface area contributed by atoms with Gasteiger partial charge in [-0.1, -0.05) is 37.1 Å². The highest BCUT2D eigenvalue weighted by Crippen LogP contribution is 2.31. The number of tetrazole rings is 1. The summed E-state index contributed by atoms with van der Waals surface area (Å²) in [5.41, 5.74) is 3.33. The van der Waals surface area contributed by atoms with Crippen LogP contribution in [0.5, 0.6) is 0 Å². The fourth-order valence-electron chi connectivity index (χ4n) is 5.39. The minimum atomic E-state index is -0.236. The maximum atomic E-state index is 13.4. The van der Waals surface area contributed by atoms with Gasteiger partial charge in [-0.3, -0.25) is 9.80 Å². The van der Waals surface area contributed by atoms with E-state index in [-0.39, 0.29) is 11.9 Å². The molecule has 1 saturated carbocycles. The first-order valence-electron chi connectivity index (χ1n) is 12.3. The summed E-state index contributed by atoms with van der Waals surface area (Å²) in [6, 6.07) is 16.0. The zero-order valence-corrected chi connectivity index (χ0v) is 20.1. The Hall–Kier alpha value is -2.84. The Kier molecular flexibility index (Phi) is 6.87. The van der Waals surface area contributed by atoms with Crippen molar-refractivity contribution in [2.45, 2.75) is 44.3 Å². The van der Waals surface area contributed by atoms with Crippen molar-refractivity contribution in [1.29, 1.82) is 0 Å². The third kappa shape index (κ3) is 4.98. The van der Waals surface area contributed by atoms with E-state index in [1.165, 1.54) is 49.1 Å². The molecule has 1 aliphatic carbocycles. The van der Waals surface area contributed by atoms with Gasteiger partial charge in [-0.15, -0.1) is 5.10 Å². The first kappa shape index (κ1) is 22.9. The highest BCUT2D eigenvalue weighted by molar-refractivity contribution is 5.47. The third-order valence-corrected chi connectivity index (χ3v) is 7.33. The average molecular weight is 464 g/mol. The number of anilines is 1. The third-order valence-electron chi connectivity index (χ3n) is 7.33. The molecule has 1 aliphatic heterocycles. The molecule has 0 unspecified atom stereocenters. The summed E-state index contributed by atoms with van der Waals surface area (Å²) in [7, 11) is 4.11. The van der Waals surface area contributed by atoms with Gasteiger partial charge in [0.05, 0.1) is 12.6 Å². The summed E-state index contributed by atoms with van der Waals surface area (Å²) in [5.74, 6) is 0.593. The lowest BCUT2D eigenvalue weighted by Gasteiger charge is -2.41. The standard InChI is InChI=1S/C26H34FN7/c1-31(2)23-13-9-21(10-14-23)25(33-17-15-32(16-18-33)24-5-3-4-6-24)26-28-29-30-34(26)19-20-7-11-22(27)12-8-20/h7-14,24-25H,3-6,15-19H2,1-2H3/t25-/m1/s1. The summed E-state index contributed by atoms with van der Waals surface area (Å²) >= 11 is 0. The van der Waals surface area contributed by atoms with Crippen molar-refractivity contribution in [2.24, 2.45) is 0 Å². The minimum absolute atomic E-state index is 0.0302. The molecule has 1 atom stereocenters. The molecule has 7 nitrogen and oxygen atoms in total. The Morgan fingerprint density at radius 2 is 1.62 bits per heavy atom. The normalized spacial score (nSPS) is 18.9. The number of nitrogens with zero attached hydrogens (tertiary/aromatic N) is 7. The second kappa shape index (κ2) is 10.2. The summed E-state index contributed by atoms with van der Waals surface area (Å²) in [5, 5.41) is 12.9. The highest BCUT2D eigenvalue weighted by atomic mass is 19.1. The molecule has 0 radical (unpaired) electrons. The van der Waals surface area contributed by atoms with Crippen molar-refractivity contribution in [1.82, 2.24) is 30.0 Å².